The molecule has 21 heavy (non-hydrogen) atoms. The molecule has 2 aromatic rings. The van der Waals surface area contributed by atoms with E-state index in [-0.39, 0.29) is 11.8 Å². The molecule has 0 saturated heterocycles. The van der Waals surface area contributed by atoms with Crippen molar-refractivity contribution < 1.29 is 9.59 Å². The molecule has 0 atom stereocenters. The van der Waals surface area contributed by atoms with E-state index in [9.17, 15) is 9.59 Å². The predicted molar refractivity (Wildman–Crippen MR) is 80.7 cm³/mol. The topological polar surface area (TPSA) is 37.4 Å². The monoisotopic (exact) mass is 277 g/mol. The second kappa shape index (κ2) is 4.55. The first-order chi connectivity index (χ1) is 10.3. The molecular formula is C18H15NO2. The van der Waals surface area contributed by atoms with Crippen LogP contribution in [0.1, 0.15) is 44.7 Å². The van der Waals surface area contributed by atoms with E-state index in [4.69, 9.17) is 0 Å². The zero-order chi connectivity index (χ0) is 14.4. The summed E-state index contributed by atoms with van der Waals surface area (Å²) >= 11 is 0. The van der Waals surface area contributed by atoms with Gasteiger partial charge < -0.3 is 0 Å². The lowest BCUT2D eigenvalue weighted by atomic mass is 9.88. The average Bonchev–Trinajstić information content (AvgIpc) is 2.77. The number of carbonyl (C=O) groups is 2. The minimum absolute atomic E-state index is 0.199. The number of benzene rings is 2. The van der Waals surface area contributed by atoms with Crippen LogP contribution in [0.15, 0.2) is 42.5 Å². The SMILES string of the molecule is O=C1c2cc3c(cc2C(=O)N1c1ccccc1)CCCC3. The number of imide groups is 1. The minimum Gasteiger partial charge on any atom is -0.268 e. The van der Waals surface area contributed by atoms with E-state index >= 15 is 0 Å². The molecule has 104 valence electrons. The van der Waals surface area contributed by atoms with Gasteiger partial charge >= 0.3 is 0 Å². The second-order valence-electron chi connectivity index (χ2n) is 5.65. The summed E-state index contributed by atoms with van der Waals surface area (Å²) < 4.78 is 0. The van der Waals surface area contributed by atoms with Crippen LogP contribution < -0.4 is 4.90 Å². The molecule has 0 saturated carbocycles. The molecule has 0 radical (unpaired) electrons. The third-order valence-corrected chi connectivity index (χ3v) is 4.36. The van der Waals surface area contributed by atoms with Gasteiger partial charge in [-0.3, -0.25) is 9.59 Å². The van der Waals surface area contributed by atoms with Gasteiger partial charge in [-0.25, -0.2) is 4.90 Å². The first-order valence-corrected chi connectivity index (χ1v) is 7.35. The number of hydrogen-bond acceptors (Lipinski definition) is 2. The molecule has 0 fully saturated rings. The Hall–Kier alpha value is -2.42. The van der Waals surface area contributed by atoms with E-state index in [1.165, 1.54) is 16.0 Å². The van der Waals surface area contributed by atoms with Gasteiger partial charge in [-0.2, -0.15) is 0 Å². The molecule has 2 amide bonds. The van der Waals surface area contributed by atoms with Gasteiger partial charge in [-0.1, -0.05) is 18.2 Å². The quantitative estimate of drug-likeness (QED) is 0.749. The third-order valence-electron chi connectivity index (χ3n) is 4.36. The van der Waals surface area contributed by atoms with E-state index in [0.717, 1.165) is 25.7 Å². The molecule has 0 N–H and O–H groups in total. The first-order valence-electron chi connectivity index (χ1n) is 7.35. The van der Waals surface area contributed by atoms with Crippen LogP contribution >= 0.6 is 0 Å². The van der Waals surface area contributed by atoms with Crippen LogP contribution in [-0.4, -0.2) is 11.8 Å². The zero-order valence-corrected chi connectivity index (χ0v) is 11.6. The van der Waals surface area contributed by atoms with Crippen molar-refractivity contribution in [2.75, 3.05) is 4.90 Å². The Labute approximate surface area is 123 Å². The Morgan fingerprint density at radius 2 is 1.29 bits per heavy atom. The lowest BCUT2D eigenvalue weighted by molar-refractivity contribution is 0.0926. The van der Waals surface area contributed by atoms with Gasteiger partial charge in [-0.05, 0) is 61.1 Å². The van der Waals surface area contributed by atoms with Gasteiger partial charge in [0.05, 0.1) is 16.8 Å². The number of aryl methyl sites for hydroxylation is 2. The minimum atomic E-state index is -0.199. The van der Waals surface area contributed by atoms with E-state index in [2.05, 4.69) is 0 Å². The fraction of sp³-hybridized carbons (Fsp3) is 0.222. The van der Waals surface area contributed by atoms with Gasteiger partial charge in [0.1, 0.15) is 0 Å². The van der Waals surface area contributed by atoms with Crippen molar-refractivity contribution in [1.82, 2.24) is 0 Å². The summed E-state index contributed by atoms with van der Waals surface area (Å²) in [5.41, 5.74) is 4.22. The maximum Gasteiger partial charge on any atom is 0.266 e. The number of nitrogens with zero attached hydrogens (tertiary/aromatic N) is 1. The summed E-state index contributed by atoms with van der Waals surface area (Å²) in [6, 6.07) is 13.0. The molecule has 4 rings (SSSR count). The fourth-order valence-electron chi connectivity index (χ4n) is 3.28. The van der Waals surface area contributed by atoms with Crippen molar-refractivity contribution in [2.24, 2.45) is 0 Å². The summed E-state index contributed by atoms with van der Waals surface area (Å²) in [6.07, 6.45) is 4.34. The average molecular weight is 277 g/mol. The van der Waals surface area contributed by atoms with Crippen LogP contribution in [0.5, 0.6) is 0 Å². The summed E-state index contributed by atoms with van der Waals surface area (Å²) in [5, 5.41) is 0. The summed E-state index contributed by atoms with van der Waals surface area (Å²) in [5.74, 6) is -0.399. The zero-order valence-electron chi connectivity index (χ0n) is 11.6. The van der Waals surface area contributed by atoms with Crippen LogP contribution in [0.25, 0.3) is 0 Å². The molecule has 2 aliphatic rings. The Morgan fingerprint density at radius 3 is 1.81 bits per heavy atom. The van der Waals surface area contributed by atoms with Crippen molar-refractivity contribution >= 4 is 17.5 Å². The first kappa shape index (κ1) is 12.3. The number of para-hydroxylation sites is 1. The van der Waals surface area contributed by atoms with Gasteiger partial charge in [0.2, 0.25) is 0 Å². The lowest BCUT2D eigenvalue weighted by Gasteiger charge is -2.15. The summed E-state index contributed by atoms with van der Waals surface area (Å²) in [4.78, 5) is 26.5. The smallest absolute Gasteiger partial charge is 0.266 e. The van der Waals surface area contributed by atoms with Crippen LogP contribution in [0, 0.1) is 0 Å². The van der Waals surface area contributed by atoms with Crippen molar-refractivity contribution in [2.45, 2.75) is 25.7 Å². The normalized spacial score (nSPS) is 16.9. The van der Waals surface area contributed by atoms with Crippen molar-refractivity contribution in [3.63, 3.8) is 0 Å². The number of fused-ring (bicyclic) bond motifs is 2. The summed E-state index contributed by atoms with van der Waals surface area (Å²) in [7, 11) is 0. The molecule has 0 unspecified atom stereocenters. The van der Waals surface area contributed by atoms with Gasteiger partial charge in [0, 0.05) is 0 Å². The van der Waals surface area contributed by atoms with Gasteiger partial charge in [0.15, 0.2) is 0 Å². The van der Waals surface area contributed by atoms with Crippen LogP contribution in [0.3, 0.4) is 0 Å². The van der Waals surface area contributed by atoms with Gasteiger partial charge in [-0.15, -0.1) is 0 Å². The fourth-order valence-corrected chi connectivity index (χ4v) is 3.28. The Bertz CT molecular complexity index is 704. The molecule has 1 aliphatic heterocycles. The Kier molecular flexibility index (Phi) is 2.67. The lowest BCUT2D eigenvalue weighted by Crippen LogP contribution is -2.29. The number of anilines is 1. The van der Waals surface area contributed by atoms with Crippen molar-refractivity contribution in [3.05, 3.63) is 64.7 Å². The van der Waals surface area contributed by atoms with Crippen LogP contribution in [-0.2, 0) is 12.8 Å². The molecule has 1 heterocycles. The number of rotatable bonds is 1. The molecule has 3 nitrogen and oxygen atoms in total. The maximum atomic E-state index is 12.6. The number of carbonyl (C=O) groups excluding carboxylic acids is 2. The van der Waals surface area contributed by atoms with E-state index in [1.54, 1.807) is 12.1 Å². The number of amides is 2. The Balaban J connectivity index is 1.83. The second-order valence-corrected chi connectivity index (χ2v) is 5.65. The molecular weight excluding hydrogens is 262 g/mol. The summed E-state index contributed by atoms with van der Waals surface area (Å²) in [6.45, 7) is 0. The molecule has 2 aromatic carbocycles. The van der Waals surface area contributed by atoms with Crippen LogP contribution in [0.4, 0.5) is 5.69 Å². The van der Waals surface area contributed by atoms with Crippen molar-refractivity contribution in [1.29, 1.82) is 0 Å². The van der Waals surface area contributed by atoms with Crippen LogP contribution in [0.2, 0.25) is 0 Å². The third kappa shape index (κ3) is 1.81. The highest BCUT2D eigenvalue weighted by Gasteiger charge is 2.37. The number of hydrogen-bond donors (Lipinski definition) is 0. The van der Waals surface area contributed by atoms with E-state index < -0.39 is 0 Å². The highest BCUT2D eigenvalue weighted by molar-refractivity contribution is 6.34. The largest absolute Gasteiger partial charge is 0.268 e. The van der Waals surface area contributed by atoms with E-state index in [0.29, 0.717) is 16.8 Å². The van der Waals surface area contributed by atoms with Gasteiger partial charge in [0.25, 0.3) is 11.8 Å². The molecule has 0 aromatic heterocycles. The molecule has 0 bridgehead atoms. The molecule has 3 heteroatoms. The molecule has 0 spiro atoms. The highest BCUT2D eigenvalue weighted by Crippen LogP contribution is 2.32. The highest BCUT2D eigenvalue weighted by atomic mass is 16.2. The Morgan fingerprint density at radius 1 is 0.762 bits per heavy atom. The molecule has 1 aliphatic carbocycles. The maximum absolute atomic E-state index is 12.6. The predicted octanol–water partition coefficient (Wildman–Crippen LogP) is 3.37. The standard InChI is InChI=1S/C18H15NO2/c20-17-15-10-12-6-4-5-7-13(12)11-16(15)18(21)19(17)14-8-2-1-3-9-14/h1-3,8-11H,4-7H2. The van der Waals surface area contributed by atoms with Crippen molar-refractivity contribution in [3.8, 4) is 0 Å². The van der Waals surface area contributed by atoms with E-state index in [1.807, 2.05) is 30.3 Å².